The van der Waals surface area contributed by atoms with Crippen LogP contribution in [-0.4, -0.2) is 35.3 Å². The third kappa shape index (κ3) is 2.01. The van der Waals surface area contributed by atoms with Gasteiger partial charge < -0.3 is 11.1 Å². The summed E-state index contributed by atoms with van der Waals surface area (Å²) in [5.74, 6) is 0. The van der Waals surface area contributed by atoms with Gasteiger partial charge in [0, 0.05) is 48.8 Å². The predicted molar refractivity (Wildman–Crippen MR) is 67.4 cm³/mol. The van der Waals surface area contributed by atoms with Crippen LogP contribution >= 0.6 is 0 Å². The Kier molecular flexibility index (Phi) is 2.74. The second kappa shape index (κ2) is 4.25. The van der Waals surface area contributed by atoms with E-state index in [0.29, 0.717) is 12.1 Å². The van der Waals surface area contributed by atoms with Gasteiger partial charge in [-0.3, -0.25) is 15.2 Å². The van der Waals surface area contributed by atoms with Gasteiger partial charge in [0.1, 0.15) is 6.29 Å². The van der Waals surface area contributed by atoms with Gasteiger partial charge in [-0.1, -0.05) is 0 Å². The first-order valence-corrected chi connectivity index (χ1v) is 6.20. The Morgan fingerprint density at radius 2 is 2.41 bits per heavy atom. The first-order chi connectivity index (χ1) is 8.24. The van der Waals surface area contributed by atoms with Crippen molar-refractivity contribution in [2.24, 2.45) is 5.73 Å². The number of anilines is 1. The van der Waals surface area contributed by atoms with Crippen LogP contribution in [-0.2, 0) is 0 Å². The first kappa shape index (κ1) is 11.0. The monoisotopic (exact) mass is 233 g/mol. The van der Waals surface area contributed by atoms with Gasteiger partial charge in [-0.15, -0.1) is 0 Å². The molecule has 3 rings (SSSR count). The van der Waals surface area contributed by atoms with Gasteiger partial charge in [0.2, 0.25) is 0 Å². The largest absolute Gasteiger partial charge is 0.357 e. The number of hydrogen-bond acceptors (Lipinski definition) is 5. The highest BCUT2D eigenvalue weighted by Crippen LogP contribution is 2.28. The zero-order valence-electron chi connectivity index (χ0n) is 10.1. The van der Waals surface area contributed by atoms with Crippen LogP contribution in [0.3, 0.4) is 0 Å². The molecule has 0 saturated carbocycles. The van der Waals surface area contributed by atoms with Crippen molar-refractivity contribution in [3.8, 4) is 0 Å². The van der Waals surface area contributed by atoms with E-state index in [1.165, 1.54) is 11.3 Å². The van der Waals surface area contributed by atoms with Crippen molar-refractivity contribution in [3.05, 3.63) is 24.0 Å². The van der Waals surface area contributed by atoms with Gasteiger partial charge in [0.05, 0.1) is 0 Å². The van der Waals surface area contributed by atoms with Gasteiger partial charge in [0.25, 0.3) is 0 Å². The van der Waals surface area contributed by atoms with E-state index in [0.717, 1.165) is 19.5 Å². The van der Waals surface area contributed by atoms with E-state index in [2.05, 4.69) is 27.4 Å². The topological polar surface area (TPSA) is 66.2 Å². The van der Waals surface area contributed by atoms with Crippen molar-refractivity contribution in [2.75, 3.05) is 18.4 Å². The molecule has 1 saturated heterocycles. The number of nitrogens with zero attached hydrogens (tertiary/aromatic N) is 2. The summed E-state index contributed by atoms with van der Waals surface area (Å²) in [6.45, 7) is 4.18. The van der Waals surface area contributed by atoms with E-state index in [-0.39, 0.29) is 6.29 Å². The molecule has 1 fully saturated rings. The number of nitrogens with one attached hydrogen (secondary N) is 2. The molecule has 3 heterocycles. The van der Waals surface area contributed by atoms with Crippen LogP contribution in [0.1, 0.15) is 24.9 Å². The van der Waals surface area contributed by atoms with E-state index in [1.807, 2.05) is 18.5 Å². The smallest absolute Gasteiger partial charge is 0.135 e. The molecule has 5 heteroatoms. The minimum Gasteiger partial charge on any atom is -0.357 e. The molecule has 92 valence electrons. The molecule has 1 aromatic rings. The lowest BCUT2D eigenvalue weighted by Crippen LogP contribution is -2.53. The van der Waals surface area contributed by atoms with E-state index in [9.17, 15) is 0 Å². The number of hydrogen-bond donors (Lipinski definition) is 3. The van der Waals surface area contributed by atoms with Crippen LogP contribution in [0.4, 0.5) is 5.69 Å². The predicted octanol–water partition coefficient (Wildman–Crippen LogP) is 0.474. The van der Waals surface area contributed by atoms with Crippen LogP contribution in [0, 0.1) is 0 Å². The van der Waals surface area contributed by atoms with E-state index < -0.39 is 0 Å². The SMILES string of the molecule is C[C@H]1N[C@@H](N2CCC(N)C2)Nc2ccncc21. The zero-order valence-corrected chi connectivity index (χ0v) is 10.1. The first-order valence-electron chi connectivity index (χ1n) is 6.20. The lowest BCUT2D eigenvalue weighted by atomic mass is 10.1. The highest BCUT2D eigenvalue weighted by molar-refractivity contribution is 5.53. The van der Waals surface area contributed by atoms with Gasteiger partial charge in [-0.2, -0.15) is 0 Å². The average molecular weight is 233 g/mol. The maximum absolute atomic E-state index is 5.95. The summed E-state index contributed by atoms with van der Waals surface area (Å²) in [4.78, 5) is 6.54. The van der Waals surface area contributed by atoms with Gasteiger partial charge >= 0.3 is 0 Å². The number of aromatic nitrogens is 1. The molecule has 0 amide bonds. The summed E-state index contributed by atoms with van der Waals surface area (Å²) in [5, 5.41) is 7.06. The molecule has 1 unspecified atom stereocenters. The second-order valence-corrected chi connectivity index (χ2v) is 4.94. The van der Waals surface area contributed by atoms with Gasteiger partial charge in [-0.05, 0) is 19.4 Å². The number of nitrogens with two attached hydrogens (primary N) is 1. The molecular weight excluding hydrogens is 214 g/mol. The fourth-order valence-electron chi connectivity index (χ4n) is 2.65. The van der Waals surface area contributed by atoms with Crippen LogP contribution in [0.5, 0.6) is 0 Å². The summed E-state index contributed by atoms with van der Waals surface area (Å²) in [7, 11) is 0. The van der Waals surface area contributed by atoms with Crippen LogP contribution in [0.25, 0.3) is 0 Å². The summed E-state index contributed by atoms with van der Waals surface area (Å²) < 4.78 is 0. The summed E-state index contributed by atoms with van der Waals surface area (Å²) >= 11 is 0. The van der Waals surface area contributed by atoms with Crippen molar-refractivity contribution < 1.29 is 0 Å². The molecule has 0 aliphatic carbocycles. The molecule has 0 aromatic carbocycles. The molecule has 2 aliphatic heterocycles. The lowest BCUT2D eigenvalue weighted by molar-refractivity contribution is 0.205. The average Bonchev–Trinajstić information content (AvgIpc) is 2.76. The Labute approximate surface area is 101 Å². The second-order valence-electron chi connectivity index (χ2n) is 4.94. The minimum atomic E-state index is 0.188. The highest BCUT2D eigenvalue weighted by Gasteiger charge is 2.30. The number of pyridine rings is 1. The van der Waals surface area contributed by atoms with E-state index in [1.54, 1.807) is 0 Å². The molecule has 5 nitrogen and oxygen atoms in total. The fourth-order valence-corrected chi connectivity index (χ4v) is 2.65. The van der Waals surface area contributed by atoms with Crippen molar-refractivity contribution >= 4 is 5.69 Å². The Hall–Kier alpha value is -1.17. The zero-order chi connectivity index (χ0) is 11.8. The number of fused-ring (bicyclic) bond motifs is 1. The molecule has 0 radical (unpaired) electrons. The normalized spacial score (nSPS) is 33.2. The maximum atomic E-state index is 5.95. The lowest BCUT2D eigenvalue weighted by Gasteiger charge is -2.37. The fraction of sp³-hybridized carbons (Fsp3) is 0.583. The molecule has 17 heavy (non-hydrogen) atoms. The Morgan fingerprint density at radius 1 is 1.53 bits per heavy atom. The quantitative estimate of drug-likeness (QED) is 0.658. The van der Waals surface area contributed by atoms with Gasteiger partial charge in [0.15, 0.2) is 0 Å². The van der Waals surface area contributed by atoms with E-state index >= 15 is 0 Å². The van der Waals surface area contributed by atoms with Crippen molar-refractivity contribution in [1.82, 2.24) is 15.2 Å². The van der Waals surface area contributed by atoms with Crippen LogP contribution in [0.15, 0.2) is 18.5 Å². The molecule has 3 atom stereocenters. The van der Waals surface area contributed by atoms with Crippen LogP contribution in [0.2, 0.25) is 0 Å². The minimum absolute atomic E-state index is 0.188. The third-order valence-electron chi connectivity index (χ3n) is 3.64. The standard InChI is InChI=1S/C12H19N5/c1-8-10-6-14-4-2-11(10)16-12(15-8)17-5-3-9(13)7-17/h2,4,6,8-9,12,15-16H,3,5,7,13H2,1H3/t8-,9?,12-/m1/s1. The molecule has 4 N–H and O–H groups in total. The Morgan fingerprint density at radius 3 is 3.18 bits per heavy atom. The third-order valence-corrected chi connectivity index (χ3v) is 3.64. The Balaban J connectivity index is 1.79. The van der Waals surface area contributed by atoms with Crippen molar-refractivity contribution in [3.63, 3.8) is 0 Å². The molecular formula is C12H19N5. The summed E-state index contributed by atoms with van der Waals surface area (Å²) in [5.41, 5.74) is 8.36. The molecule has 2 aliphatic rings. The Bertz CT molecular complexity index is 408. The van der Waals surface area contributed by atoms with Crippen molar-refractivity contribution in [1.29, 1.82) is 0 Å². The van der Waals surface area contributed by atoms with Crippen molar-refractivity contribution in [2.45, 2.75) is 31.7 Å². The molecule has 1 aromatic heterocycles. The summed E-state index contributed by atoms with van der Waals surface area (Å²) in [6, 6.07) is 2.67. The van der Waals surface area contributed by atoms with Crippen LogP contribution < -0.4 is 16.4 Å². The van der Waals surface area contributed by atoms with E-state index in [4.69, 9.17) is 5.73 Å². The number of likely N-dealkylation sites (tertiary alicyclic amines) is 1. The maximum Gasteiger partial charge on any atom is 0.135 e. The molecule has 0 bridgehead atoms. The highest BCUT2D eigenvalue weighted by atomic mass is 15.4. The summed E-state index contributed by atoms with van der Waals surface area (Å²) in [6.07, 6.45) is 5.02. The molecule has 0 spiro atoms. The van der Waals surface area contributed by atoms with Gasteiger partial charge in [-0.25, -0.2) is 0 Å². The number of rotatable bonds is 1.